The van der Waals surface area contributed by atoms with Gasteiger partial charge in [0.2, 0.25) is 0 Å². The number of halogens is 2. The molecule has 1 aromatic rings. The molecule has 1 aliphatic rings. The van der Waals surface area contributed by atoms with E-state index in [0.717, 1.165) is 15.5 Å². The van der Waals surface area contributed by atoms with Crippen LogP contribution in [0.3, 0.4) is 0 Å². The highest BCUT2D eigenvalue weighted by Crippen LogP contribution is 2.33. The van der Waals surface area contributed by atoms with Crippen molar-refractivity contribution in [3.05, 3.63) is 34.3 Å². The maximum Gasteiger partial charge on any atom is 0.0776 e. The zero-order valence-electron chi connectivity index (χ0n) is 10.6. The van der Waals surface area contributed by atoms with Crippen molar-refractivity contribution in [2.75, 3.05) is 4.43 Å². The molecule has 0 bridgehead atoms. The largest absolute Gasteiger partial charge is 0.370 e. The fourth-order valence-electron chi connectivity index (χ4n) is 2.55. The maximum atomic E-state index is 6.31. The average Bonchev–Trinajstić information content (AvgIpc) is 2.63. The van der Waals surface area contributed by atoms with E-state index in [-0.39, 0.29) is 5.60 Å². The van der Waals surface area contributed by atoms with Crippen LogP contribution in [0.4, 0.5) is 0 Å². The van der Waals surface area contributed by atoms with Gasteiger partial charge in [-0.1, -0.05) is 76.3 Å². The SMILES string of the molecule is Brc1cccc(COC2(CI)CCCCCC2)c1. The normalized spacial score (nSPS) is 19.4. The van der Waals surface area contributed by atoms with Crippen molar-refractivity contribution < 1.29 is 4.74 Å². The summed E-state index contributed by atoms with van der Waals surface area (Å²) in [6, 6.07) is 8.43. The van der Waals surface area contributed by atoms with Gasteiger partial charge in [-0.15, -0.1) is 0 Å². The van der Waals surface area contributed by atoms with E-state index in [9.17, 15) is 0 Å². The molecule has 0 aliphatic heterocycles. The highest BCUT2D eigenvalue weighted by Gasteiger charge is 2.30. The Balaban J connectivity index is 1.97. The summed E-state index contributed by atoms with van der Waals surface area (Å²) in [5.41, 5.74) is 1.39. The predicted molar refractivity (Wildman–Crippen MR) is 88.3 cm³/mol. The van der Waals surface area contributed by atoms with E-state index < -0.39 is 0 Å². The van der Waals surface area contributed by atoms with E-state index in [1.165, 1.54) is 44.1 Å². The number of hydrogen-bond acceptors (Lipinski definition) is 1. The first kappa shape index (κ1) is 14.8. The lowest BCUT2D eigenvalue weighted by Crippen LogP contribution is -2.33. The molecule has 0 amide bonds. The first-order valence-corrected chi connectivity index (χ1v) is 9.00. The Morgan fingerprint density at radius 1 is 1.17 bits per heavy atom. The molecular formula is C15H20BrIO. The molecule has 0 N–H and O–H groups in total. The molecular weight excluding hydrogens is 403 g/mol. The Bertz CT molecular complexity index is 373. The van der Waals surface area contributed by atoms with E-state index >= 15 is 0 Å². The Morgan fingerprint density at radius 3 is 2.50 bits per heavy atom. The van der Waals surface area contributed by atoms with Crippen molar-refractivity contribution in [1.82, 2.24) is 0 Å². The number of rotatable bonds is 4. The standard InChI is InChI=1S/C15H20BrIO/c16-14-7-5-6-13(10-14)11-18-15(12-17)8-3-1-2-4-9-15/h5-7,10H,1-4,8-9,11-12H2. The van der Waals surface area contributed by atoms with E-state index in [1.807, 2.05) is 0 Å². The number of hydrogen-bond donors (Lipinski definition) is 0. The lowest BCUT2D eigenvalue weighted by Gasteiger charge is -2.31. The molecule has 0 aromatic heterocycles. The fraction of sp³-hybridized carbons (Fsp3) is 0.600. The van der Waals surface area contributed by atoms with Crippen LogP contribution in [0.2, 0.25) is 0 Å². The summed E-state index contributed by atoms with van der Waals surface area (Å²) < 4.78 is 8.55. The molecule has 1 aromatic carbocycles. The molecule has 0 atom stereocenters. The van der Waals surface area contributed by atoms with E-state index in [0.29, 0.717) is 0 Å². The molecule has 0 saturated heterocycles. The van der Waals surface area contributed by atoms with Crippen LogP contribution in [-0.4, -0.2) is 10.0 Å². The van der Waals surface area contributed by atoms with E-state index in [4.69, 9.17) is 4.74 Å². The van der Waals surface area contributed by atoms with Gasteiger partial charge in [-0.25, -0.2) is 0 Å². The van der Waals surface area contributed by atoms with Gasteiger partial charge in [0.1, 0.15) is 0 Å². The van der Waals surface area contributed by atoms with Gasteiger partial charge in [-0.3, -0.25) is 0 Å². The van der Waals surface area contributed by atoms with Crippen LogP contribution in [0.15, 0.2) is 28.7 Å². The van der Waals surface area contributed by atoms with Crippen molar-refractivity contribution >= 4 is 38.5 Å². The van der Waals surface area contributed by atoms with Crippen LogP contribution in [0.25, 0.3) is 0 Å². The number of ether oxygens (including phenoxy) is 1. The second-order valence-corrected chi connectivity index (χ2v) is 6.83. The van der Waals surface area contributed by atoms with Gasteiger partial charge in [0.25, 0.3) is 0 Å². The third-order valence-electron chi connectivity index (χ3n) is 3.69. The Labute approximate surface area is 132 Å². The third kappa shape index (κ3) is 4.20. The maximum absolute atomic E-state index is 6.31. The Kier molecular flexibility index (Phi) is 5.96. The fourth-order valence-corrected chi connectivity index (χ4v) is 3.98. The van der Waals surface area contributed by atoms with E-state index in [2.05, 4.69) is 62.8 Å². The highest BCUT2D eigenvalue weighted by atomic mass is 127. The summed E-state index contributed by atoms with van der Waals surface area (Å²) in [6.07, 6.45) is 7.84. The summed E-state index contributed by atoms with van der Waals surface area (Å²) in [5, 5.41) is 0. The topological polar surface area (TPSA) is 9.23 Å². The summed E-state index contributed by atoms with van der Waals surface area (Å²) in [6.45, 7) is 0.739. The minimum absolute atomic E-state index is 0.124. The lowest BCUT2D eigenvalue weighted by molar-refractivity contribution is -0.0472. The molecule has 0 unspecified atom stereocenters. The van der Waals surface area contributed by atoms with Gasteiger partial charge < -0.3 is 4.74 Å². The second-order valence-electron chi connectivity index (χ2n) is 5.15. The molecule has 0 heterocycles. The van der Waals surface area contributed by atoms with Crippen LogP contribution in [0, 0.1) is 0 Å². The minimum atomic E-state index is 0.124. The van der Waals surface area contributed by atoms with Gasteiger partial charge in [-0.05, 0) is 30.5 Å². The monoisotopic (exact) mass is 422 g/mol. The lowest BCUT2D eigenvalue weighted by atomic mass is 9.96. The summed E-state index contributed by atoms with van der Waals surface area (Å²) >= 11 is 6.01. The first-order chi connectivity index (χ1) is 8.74. The number of benzene rings is 1. The second kappa shape index (κ2) is 7.25. The van der Waals surface area contributed by atoms with Crippen molar-refractivity contribution in [1.29, 1.82) is 0 Å². The molecule has 2 rings (SSSR count). The summed E-state index contributed by atoms with van der Waals surface area (Å²) in [7, 11) is 0. The molecule has 1 nitrogen and oxygen atoms in total. The van der Waals surface area contributed by atoms with Crippen molar-refractivity contribution in [3.63, 3.8) is 0 Å². The third-order valence-corrected chi connectivity index (χ3v) is 5.58. The molecule has 0 radical (unpaired) electrons. The molecule has 18 heavy (non-hydrogen) atoms. The molecule has 1 aliphatic carbocycles. The van der Waals surface area contributed by atoms with Crippen LogP contribution < -0.4 is 0 Å². The average molecular weight is 423 g/mol. The van der Waals surface area contributed by atoms with Gasteiger partial charge >= 0.3 is 0 Å². The van der Waals surface area contributed by atoms with Gasteiger partial charge in [0.05, 0.1) is 12.2 Å². The van der Waals surface area contributed by atoms with Crippen molar-refractivity contribution in [2.24, 2.45) is 0 Å². The van der Waals surface area contributed by atoms with Crippen LogP contribution in [-0.2, 0) is 11.3 Å². The van der Waals surface area contributed by atoms with Crippen molar-refractivity contribution in [2.45, 2.75) is 50.7 Å². The van der Waals surface area contributed by atoms with Crippen molar-refractivity contribution in [3.8, 4) is 0 Å². The van der Waals surface area contributed by atoms with Gasteiger partial charge in [0.15, 0.2) is 0 Å². The Hall–Kier alpha value is 0.390. The minimum Gasteiger partial charge on any atom is -0.370 e. The zero-order chi connectivity index (χ0) is 12.8. The molecule has 0 spiro atoms. The number of alkyl halides is 1. The van der Waals surface area contributed by atoms with Gasteiger partial charge in [0, 0.05) is 8.90 Å². The summed E-state index contributed by atoms with van der Waals surface area (Å²) in [4.78, 5) is 0. The van der Waals surface area contributed by atoms with Crippen LogP contribution in [0.5, 0.6) is 0 Å². The molecule has 1 saturated carbocycles. The highest BCUT2D eigenvalue weighted by molar-refractivity contribution is 14.1. The van der Waals surface area contributed by atoms with Crippen LogP contribution >= 0.6 is 38.5 Å². The van der Waals surface area contributed by atoms with Crippen LogP contribution in [0.1, 0.15) is 44.1 Å². The first-order valence-electron chi connectivity index (χ1n) is 6.68. The zero-order valence-corrected chi connectivity index (χ0v) is 14.4. The smallest absolute Gasteiger partial charge is 0.0776 e. The molecule has 3 heteroatoms. The van der Waals surface area contributed by atoms with E-state index in [1.54, 1.807) is 0 Å². The Morgan fingerprint density at radius 2 is 1.89 bits per heavy atom. The summed E-state index contributed by atoms with van der Waals surface area (Å²) in [5.74, 6) is 0. The predicted octanol–water partition coefficient (Wildman–Crippen LogP) is 5.49. The molecule has 1 fully saturated rings. The van der Waals surface area contributed by atoms with Gasteiger partial charge in [-0.2, -0.15) is 0 Å². The quantitative estimate of drug-likeness (QED) is 0.354. The molecule has 100 valence electrons.